The third-order valence-corrected chi connectivity index (χ3v) is 2.96. The van der Waals surface area contributed by atoms with E-state index < -0.39 is 72.7 Å². The fourth-order valence-corrected chi connectivity index (χ4v) is 1.78. The molecule has 0 bridgehead atoms. The van der Waals surface area contributed by atoms with Gasteiger partial charge in [-0.3, -0.25) is 9.59 Å². The third-order valence-electron chi connectivity index (χ3n) is 2.96. The summed E-state index contributed by atoms with van der Waals surface area (Å²) in [6.45, 7) is -0.926. The number of carbonyl (C=O) groups excluding carboxylic acids is 2. The van der Waals surface area contributed by atoms with E-state index in [9.17, 15) is 34.5 Å². The van der Waals surface area contributed by atoms with Gasteiger partial charge in [0.25, 0.3) is 0 Å². The number of hydrogen-bond donors (Lipinski definition) is 6. The molecule has 136 valence electrons. The zero-order valence-electron chi connectivity index (χ0n) is 13.9. The van der Waals surface area contributed by atoms with Crippen LogP contribution in [-0.2, 0) is 28.7 Å². The maximum absolute atomic E-state index is 11.7. The van der Waals surface area contributed by atoms with Crippen LogP contribution in [0.5, 0.6) is 0 Å². The molecule has 3 atom stereocenters. The van der Waals surface area contributed by atoms with Crippen LogP contribution in [0.25, 0.3) is 0 Å². The fraction of sp³-hybridized carbons (Fsp3) is 0.500. The SMILES string of the molecule is O=C(O)CC(O)(CC(=O)OC1=C(O)C(=O)O[C@@H]1[C@@H](O)CO)C(=O)O.[H-].[Na+]. The molecule has 0 amide bonds. The number of ether oxygens (including phenoxy) is 2. The van der Waals surface area contributed by atoms with Crippen molar-refractivity contribution in [1.29, 1.82) is 0 Å². The van der Waals surface area contributed by atoms with Gasteiger partial charge in [0, 0.05) is 0 Å². The van der Waals surface area contributed by atoms with Crippen LogP contribution >= 0.6 is 0 Å². The Morgan fingerprint density at radius 3 is 2.28 bits per heavy atom. The van der Waals surface area contributed by atoms with Gasteiger partial charge in [-0.2, -0.15) is 0 Å². The number of aliphatic hydroxyl groups excluding tert-OH is 3. The topological polar surface area (TPSA) is 208 Å². The molecule has 0 radical (unpaired) electrons. The molecule has 0 aromatic carbocycles. The standard InChI is InChI=1S/C12H14O12.Na.H/c13-3-4(14)8-9(7(18)10(19)24-8)23-6(17)2-12(22,11(20)21)1-5(15)16;;/h4,8,13-14,18,22H,1-3H2,(H,15,16)(H,20,21);;/q;+1;-1/t4-,8+,12?;;/m0../s1. The van der Waals surface area contributed by atoms with Crippen LogP contribution in [0, 0.1) is 0 Å². The number of rotatable bonds is 8. The molecule has 6 N–H and O–H groups in total. The summed E-state index contributed by atoms with van der Waals surface area (Å²) in [5.41, 5.74) is -2.99. The van der Waals surface area contributed by atoms with Crippen LogP contribution in [0.3, 0.4) is 0 Å². The first-order valence-electron chi connectivity index (χ1n) is 6.33. The minimum Gasteiger partial charge on any atom is -1.00 e. The normalized spacial score (nSPS) is 20.1. The van der Waals surface area contributed by atoms with Crippen molar-refractivity contribution in [2.45, 2.75) is 30.7 Å². The second-order valence-electron chi connectivity index (χ2n) is 4.85. The van der Waals surface area contributed by atoms with Crippen molar-refractivity contribution in [3.63, 3.8) is 0 Å². The minimum absolute atomic E-state index is 0. The summed E-state index contributed by atoms with van der Waals surface area (Å²) in [6, 6.07) is 0. The maximum atomic E-state index is 11.7. The van der Waals surface area contributed by atoms with Crippen molar-refractivity contribution in [2.24, 2.45) is 0 Å². The zero-order chi connectivity index (χ0) is 18.7. The number of cyclic esters (lactones) is 1. The van der Waals surface area contributed by atoms with E-state index in [1.807, 2.05) is 0 Å². The Labute approximate surface area is 163 Å². The second-order valence-corrected chi connectivity index (χ2v) is 4.85. The summed E-state index contributed by atoms with van der Waals surface area (Å²) in [5.74, 6) is -8.69. The van der Waals surface area contributed by atoms with Gasteiger partial charge in [0.05, 0.1) is 19.4 Å². The quantitative estimate of drug-likeness (QED) is 0.173. The summed E-state index contributed by atoms with van der Waals surface area (Å²) >= 11 is 0. The Kier molecular flexibility index (Phi) is 8.50. The zero-order valence-corrected chi connectivity index (χ0v) is 14.9. The summed E-state index contributed by atoms with van der Waals surface area (Å²) < 4.78 is 8.97. The van der Waals surface area contributed by atoms with Crippen molar-refractivity contribution in [3.8, 4) is 0 Å². The number of carboxylic acid groups (broad SMARTS) is 2. The molecule has 1 aliphatic rings. The van der Waals surface area contributed by atoms with Crippen LogP contribution in [0.2, 0.25) is 0 Å². The van der Waals surface area contributed by atoms with Gasteiger partial charge in [0.15, 0.2) is 11.7 Å². The van der Waals surface area contributed by atoms with E-state index in [-0.39, 0.29) is 31.0 Å². The predicted octanol–water partition coefficient (Wildman–Crippen LogP) is -5.63. The second kappa shape index (κ2) is 9.12. The Hall–Kier alpha value is -1.70. The van der Waals surface area contributed by atoms with Gasteiger partial charge in [0.2, 0.25) is 11.5 Å². The molecule has 0 aromatic heterocycles. The van der Waals surface area contributed by atoms with E-state index >= 15 is 0 Å². The average Bonchev–Trinajstić information content (AvgIpc) is 2.73. The van der Waals surface area contributed by atoms with Gasteiger partial charge in [-0.05, 0) is 0 Å². The number of carbonyl (C=O) groups is 4. The summed E-state index contributed by atoms with van der Waals surface area (Å²) in [5, 5.41) is 54.8. The maximum Gasteiger partial charge on any atom is 1.00 e. The smallest absolute Gasteiger partial charge is 1.00 e. The fourth-order valence-electron chi connectivity index (χ4n) is 1.78. The van der Waals surface area contributed by atoms with Gasteiger partial charge in [-0.1, -0.05) is 0 Å². The Morgan fingerprint density at radius 2 is 1.84 bits per heavy atom. The monoisotopic (exact) mass is 374 g/mol. The Balaban J connectivity index is 0. The molecule has 1 rings (SSSR count). The number of esters is 2. The molecule has 0 fully saturated rings. The van der Waals surface area contributed by atoms with Gasteiger partial charge in [0.1, 0.15) is 6.10 Å². The Morgan fingerprint density at radius 1 is 1.28 bits per heavy atom. The van der Waals surface area contributed by atoms with Gasteiger partial charge in [-0.25, -0.2) is 9.59 Å². The van der Waals surface area contributed by atoms with Crippen LogP contribution in [0.15, 0.2) is 11.5 Å². The first kappa shape index (κ1) is 23.3. The molecule has 0 saturated heterocycles. The largest absolute Gasteiger partial charge is 1.00 e. The van der Waals surface area contributed by atoms with Gasteiger partial charge >= 0.3 is 53.4 Å². The number of carboxylic acids is 2. The first-order valence-corrected chi connectivity index (χ1v) is 6.33. The molecule has 25 heavy (non-hydrogen) atoms. The van der Waals surface area contributed by atoms with E-state index in [4.69, 9.17) is 15.3 Å². The molecule has 13 heteroatoms. The predicted molar refractivity (Wildman–Crippen MR) is 69.3 cm³/mol. The van der Waals surface area contributed by atoms with E-state index in [1.165, 1.54) is 0 Å². The van der Waals surface area contributed by atoms with Crippen LogP contribution in [-0.4, -0.2) is 78.9 Å². The van der Waals surface area contributed by atoms with Crippen molar-refractivity contribution in [2.75, 3.05) is 6.61 Å². The van der Waals surface area contributed by atoms with Gasteiger partial charge < -0.3 is 41.5 Å². The van der Waals surface area contributed by atoms with Gasteiger partial charge in [-0.15, -0.1) is 0 Å². The molecular formula is C12H15NaO12. The molecular weight excluding hydrogens is 359 g/mol. The third kappa shape index (κ3) is 5.66. The van der Waals surface area contributed by atoms with E-state index in [0.29, 0.717) is 0 Å². The van der Waals surface area contributed by atoms with Crippen molar-refractivity contribution in [3.05, 3.63) is 11.5 Å². The van der Waals surface area contributed by atoms with Crippen molar-refractivity contribution < 1.29 is 90.3 Å². The number of aliphatic carboxylic acids is 2. The molecule has 0 saturated carbocycles. The van der Waals surface area contributed by atoms with Crippen molar-refractivity contribution in [1.82, 2.24) is 0 Å². The molecule has 12 nitrogen and oxygen atoms in total. The van der Waals surface area contributed by atoms with E-state index in [1.54, 1.807) is 0 Å². The molecule has 1 heterocycles. The van der Waals surface area contributed by atoms with Crippen molar-refractivity contribution >= 4 is 23.9 Å². The van der Waals surface area contributed by atoms with E-state index in [0.717, 1.165) is 0 Å². The van der Waals surface area contributed by atoms with Crippen LogP contribution in [0.4, 0.5) is 0 Å². The minimum atomic E-state index is -2.99. The van der Waals surface area contributed by atoms with Crippen LogP contribution < -0.4 is 29.6 Å². The first-order chi connectivity index (χ1) is 11.0. The molecule has 0 aromatic rings. The summed E-state index contributed by atoms with van der Waals surface area (Å²) in [6.07, 6.45) is -6.13. The molecule has 0 spiro atoms. The molecule has 0 aliphatic carbocycles. The molecule has 1 aliphatic heterocycles. The number of aliphatic hydroxyl groups is 4. The summed E-state index contributed by atoms with van der Waals surface area (Å²) in [4.78, 5) is 44.4. The average molecular weight is 374 g/mol. The molecule has 1 unspecified atom stereocenters. The van der Waals surface area contributed by atoms with E-state index in [2.05, 4.69) is 9.47 Å². The Bertz CT molecular complexity index is 605. The van der Waals surface area contributed by atoms with Crippen LogP contribution in [0.1, 0.15) is 14.3 Å². The summed E-state index contributed by atoms with van der Waals surface area (Å²) in [7, 11) is 0. The number of hydrogen-bond acceptors (Lipinski definition) is 10.